The lowest BCUT2D eigenvalue weighted by molar-refractivity contribution is 0.0868. The van der Waals surface area contributed by atoms with Gasteiger partial charge in [-0.25, -0.2) is 4.98 Å². The molecule has 0 aliphatic heterocycles. The Labute approximate surface area is 123 Å². The number of rotatable bonds is 3. The third-order valence-corrected chi connectivity index (χ3v) is 4.85. The van der Waals surface area contributed by atoms with Crippen molar-refractivity contribution in [2.75, 3.05) is 0 Å². The van der Waals surface area contributed by atoms with Crippen molar-refractivity contribution in [1.82, 2.24) is 10.3 Å². The molecule has 0 radical (unpaired) electrons. The molecule has 1 aliphatic carbocycles. The minimum atomic E-state index is -0.315. The van der Waals surface area contributed by atoms with Crippen molar-refractivity contribution >= 4 is 33.2 Å². The van der Waals surface area contributed by atoms with E-state index in [1.807, 2.05) is 5.38 Å². The van der Waals surface area contributed by atoms with Gasteiger partial charge in [0.2, 0.25) is 0 Å². The number of aromatic nitrogens is 1. The number of hydrogen-bond donors (Lipinski definition) is 1. The molecule has 0 saturated heterocycles. The van der Waals surface area contributed by atoms with Crippen molar-refractivity contribution in [1.29, 1.82) is 0 Å². The number of furan rings is 1. The van der Waals surface area contributed by atoms with Gasteiger partial charge in [-0.1, -0.05) is 12.8 Å². The number of amides is 1. The van der Waals surface area contributed by atoms with Gasteiger partial charge in [-0.3, -0.25) is 4.79 Å². The summed E-state index contributed by atoms with van der Waals surface area (Å²) in [6, 6.07) is 3.39. The van der Waals surface area contributed by atoms with E-state index in [4.69, 9.17) is 4.42 Å². The standard InChI is InChI=1S/C13H13BrN2O2S/c14-10-4-3-9(18-10)11(17)16-13(5-1-2-6-13)12-15-7-8-19-12/h3-4,7-8H,1-2,5-6H2,(H,16,17). The highest BCUT2D eigenvalue weighted by Gasteiger charge is 2.39. The molecule has 100 valence electrons. The van der Waals surface area contributed by atoms with Crippen LogP contribution in [0.3, 0.4) is 0 Å². The second-order valence-electron chi connectivity index (χ2n) is 4.68. The summed E-state index contributed by atoms with van der Waals surface area (Å²) in [5.41, 5.74) is -0.315. The molecule has 1 fully saturated rings. The van der Waals surface area contributed by atoms with Crippen LogP contribution in [0.5, 0.6) is 0 Å². The molecule has 19 heavy (non-hydrogen) atoms. The van der Waals surface area contributed by atoms with E-state index in [0.717, 1.165) is 30.7 Å². The number of nitrogens with one attached hydrogen (secondary N) is 1. The summed E-state index contributed by atoms with van der Waals surface area (Å²) < 4.78 is 5.87. The van der Waals surface area contributed by atoms with E-state index in [2.05, 4.69) is 26.2 Å². The number of hydrogen-bond acceptors (Lipinski definition) is 4. The Bertz CT molecular complexity index is 573. The van der Waals surface area contributed by atoms with Crippen LogP contribution in [0.25, 0.3) is 0 Å². The fourth-order valence-corrected chi connectivity index (χ4v) is 3.71. The fraction of sp³-hybridized carbons (Fsp3) is 0.385. The van der Waals surface area contributed by atoms with Gasteiger partial charge < -0.3 is 9.73 Å². The summed E-state index contributed by atoms with van der Waals surface area (Å²) in [6.45, 7) is 0. The van der Waals surface area contributed by atoms with Crippen LogP contribution in [0.1, 0.15) is 41.2 Å². The molecule has 2 aromatic rings. The highest BCUT2D eigenvalue weighted by atomic mass is 79.9. The molecule has 4 nitrogen and oxygen atoms in total. The summed E-state index contributed by atoms with van der Waals surface area (Å²) in [6.07, 6.45) is 5.89. The Morgan fingerprint density at radius 1 is 1.42 bits per heavy atom. The lowest BCUT2D eigenvalue weighted by Crippen LogP contribution is -2.43. The summed E-state index contributed by atoms with van der Waals surface area (Å²) in [4.78, 5) is 16.7. The van der Waals surface area contributed by atoms with Crippen molar-refractivity contribution in [2.24, 2.45) is 0 Å². The van der Waals surface area contributed by atoms with E-state index in [0.29, 0.717) is 10.4 Å². The van der Waals surface area contributed by atoms with Crippen molar-refractivity contribution in [3.05, 3.63) is 39.1 Å². The molecule has 1 N–H and O–H groups in total. The van der Waals surface area contributed by atoms with E-state index in [-0.39, 0.29) is 11.4 Å². The minimum absolute atomic E-state index is 0.178. The van der Waals surface area contributed by atoms with E-state index in [1.54, 1.807) is 29.7 Å². The van der Waals surface area contributed by atoms with Crippen LogP contribution in [0.4, 0.5) is 0 Å². The molecule has 2 heterocycles. The fourth-order valence-electron chi connectivity index (χ4n) is 2.55. The Kier molecular flexibility index (Phi) is 3.45. The lowest BCUT2D eigenvalue weighted by Gasteiger charge is -2.27. The van der Waals surface area contributed by atoms with Crippen molar-refractivity contribution in [3.63, 3.8) is 0 Å². The maximum Gasteiger partial charge on any atom is 0.287 e. The molecule has 3 rings (SSSR count). The number of carbonyl (C=O) groups excluding carboxylic acids is 1. The number of halogens is 1. The summed E-state index contributed by atoms with van der Waals surface area (Å²) in [5.74, 6) is 0.150. The molecule has 1 aliphatic rings. The third kappa shape index (κ3) is 2.47. The van der Waals surface area contributed by atoms with Gasteiger partial charge in [0.25, 0.3) is 5.91 Å². The molecular weight excluding hydrogens is 328 g/mol. The summed E-state index contributed by atoms with van der Waals surface area (Å²) >= 11 is 4.80. The Morgan fingerprint density at radius 2 is 2.21 bits per heavy atom. The van der Waals surface area contributed by atoms with E-state index in [1.165, 1.54) is 0 Å². The van der Waals surface area contributed by atoms with E-state index < -0.39 is 0 Å². The monoisotopic (exact) mass is 340 g/mol. The van der Waals surface area contributed by atoms with Crippen LogP contribution >= 0.6 is 27.3 Å². The van der Waals surface area contributed by atoms with E-state index in [9.17, 15) is 4.79 Å². The maximum absolute atomic E-state index is 12.3. The summed E-state index contributed by atoms with van der Waals surface area (Å²) in [7, 11) is 0. The van der Waals surface area contributed by atoms with Crippen molar-refractivity contribution in [3.8, 4) is 0 Å². The van der Waals surface area contributed by atoms with Gasteiger partial charge in [0.05, 0.1) is 5.54 Å². The zero-order chi connectivity index (χ0) is 13.3. The molecule has 0 unspecified atom stereocenters. The quantitative estimate of drug-likeness (QED) is 0.926. The summed E-state index contributed by atoms with van der Waals surface area (Å²) in [5, 5.41) is 6.06. The molecule has 6 heteroatoms. The Hall–Kier alpha value is -1.14. The average Bonchev–Trinajstić information content (AvgIpc) is 3.08. The predicted molar refractivity (Wildman–Crippen MR) is 76.1 cm³/mol. The Morgan fingerprint density at radius 3 is 2.79 bits per heavy atom. The molecule has 0 bridgehead atoms. The van der Waals surface area contributed by atoms with Gasteiger partial charge in [0.15, 0.2) is 10.4 Å². The van der Waals surface area contributed by atoms with Crippen molar-refractivity contribution < 1.29 is 9.21 Å². The molecule has 1 amide bonds. The molecule has 1 saturated carbocycles. The first-order valence-corrected chi connectivity index (χ1v) is 7.85. The second kappa shape index (κ2) is 5.09. The highest BCUT2D eigenvalue weighted by molar-refractivity contribution is 9.10. The van der Waals surface area contributed by atoms with Crippen LogP contribution in [-0.4, -0.2) is 10.9 Å². The number of thiazole rings is 1. The van der Waals surface area contributed by atoms with Crippen LogP contribution < -0.4 is 5.32 Å². The maximum atomic E-state index is 12.3. The minimum Gasteiger partial charge on any atom is -0.444 e. The van der Waals surface area contributed by atoms with Gasteiger partial charge in [-0.15, -0.1) is 11.3 Å². The highest BCUT2D eigenvalue weighted by Crippen LogP contribution is 2.39. The first kappa shape index (κ1) is 12.9. The number of carbonyl (C=O) groups is 1. The van der Waals surface area contributed by atoms with Gasteiger partial charge in [-0.2, -0.15) is 0 Å². The average molecular weight is 341 g/mol. The normalized spacial score (nSPS) is 17.5. The van der Waals surface area contributed by atoms with Gasteiger partial charge in [-0.05, 0) is 40.9 Å². The molecule has 0 atom stereocenters. The largest absolute Gasteiger partial charge is 0.444 e. The van der Waals surface area contributed by atoms with Crippen LogP contribution in [-0.2, 0) is 5.54 Å². The first-order chi connectivity index (χ1) is 9.20. The predicted octanol–water partition coefficient (Wildman–Crippen LogP) is 3.70. The second-order valence-corrected chi connectivity index (χ2v) is 6.36. The first-order valence-electron chi connectivity index (χ1n) is 6.17. The van der Waals surface area contributed by atoms with Gasteiger partial charge >= 0.3 is 0 Å². The van der Waals surface area contributed by atoms with Crippen molar-refractivity contribution in [2.45, 2.75) is 31.2 Å². The zero-order valence-electron chi connectivity index (χ0n) is 10.2. The molecular formula is C13H13BrN2O2S. The number of nitrogens with zero attached hydrogens (tertiary/aromatic N) is 1. The van der Waals surface area contributed by atoms with Gasteiger partial charge in [0, 0.05) is 11.6 Å². The van der Waals surface area contributed by atoms with Crippen LogP contribution in [0.15, 0.2) is 32.8 Å². The molecule has 0 aromatic carbocycles. The smallest absolute Gasteiger partial charge is 0.287 e. The zero-order valence-corrected chi connectivity index (χ0v) is 12.6. The molecule has 2 aromatic heterocycles. The Balaban J connectivity index is 1.85. The van der Waals surface area contributed by atoms with E-state index >= 15 is 0 Å². The van der Waals surface area contributed by atoms with Crippen LogP contribution in [0.2, 0.25) is 0 Å². The lowest BCUT2D eigenvalue weighted by atomic mass is 9.98. The van der Waals surface area contributed by atoms with Crippen LogP contribution in [0, 0.1) is 0 Å². The molecule has 0 spiro atoms. The SMILES string of the molecule is O=C(NC1(c2nccs2)CCCC1)c1ccc(Br)o1. The van der Waals surface area contributed by atoms with Gasteiger partial charge in [0.1, 0.15) is 5.01 Å². The topological polar surface area (TPSA) is 55.1 Å². The third-order valence-electron chi connectivity index (χ3n) is 3.45.